The molecule has 5 heteroatoms. The van der Waals surface area contributed by atoms with E-state index in [0.29, 0.717) is 17.2 Å². The maximum atomic E-state index is 12.3. The molecule has 0 aromatic heterocycles. The fourth-order valence-corrected chi connectivity index (χ4v) is 1.97. The highest BCUT2D eigenvalue weighted by Crippen LogP contribution is 2.29. The number of methoxy groups -OCH3 is 2. The van der Waals surface area contributed by atoms with Crippen molar-refractivity contribution in [2.24, 2.45) is 0 Å². The van der Waals surface area contributed by atoms with Gasteiger partial charge in [0.25, 0.3) is 5.91 Å². The van der Waals surface area contributed by atoms with E-state index in [1.165, 1.54) is 20.3 Å². The third-order valence-electron chi connectivity index (χ3n) is 3.13. The molecule has 0 atom stereocenters. The Morgan fingerprint density at radius 1 is 1.13 bits per heavy atom. The van der Waals surface area contributed by atoms with Crippen LogP contribution in [0.5, 0.6) is 11.5 Å². The third kappa shape index (κ3) is 4.11. The third-order valence-corrected chi connectivity index (χ3v) is 3.13. The lowest BCUT2D eigenvalue weighted by Gasteiger charge is -2.11. The molecule has 0 aliphatic heterocycles. The van der Waals surface area contributed by atoms with Crippen molar-refractivity contribution in [3.63, 3.8) is 0 Å². The molecular formula is C18H16N2O3. The number of hydrogen-bond donors (Lipinski definition) is 1. The molecule has 0 heterocycles. The predicted molar refractivity (Wildman–Crippen MR) is 88.2 cm³/mol. The summed E-state index contributed by atoms with van der Waals surface area (Å²) in [6.07, 6.45) is 1.53. The predicted octanol–water partition coefficient (Wildman–Crippen LogP) is 3.25. The molecule has 0 aliphatic rings. The summed E-state index contributed by atoms with van der Waals surface area (Å²) in [4.78, 5) is 12.3. The number of ether oxygens (including phenoxy) is 2. The van der Waals surface area contributed by atoms with Crippen LogP contribution in [0.3, 0.4) is 0 Å². The summed E-state index contributed by atoms with van der Waals surface area (Å²) in [6.45, 7) is 0. The summed E-state index contributed by atoms with van der Waals surface area (Å²) in [5.41, 5.74) is 1.21. The number of carbonyl (C=O) groups excluding carboxylic acids is 1. The Morgan fingerprint density at radius 3 is 2.48 bits per heavy atom. The lowest BCUT2D eigenvalue weighted by molar-refractivity contribution is -0.112. The molecule has 116 valence electrons. The van der Waals surface area contributed by atoms with E-state index in [4.69, 9.17) is 9.47 Å². The molecule has 2 aromatic carbocycles. The molecule has 0 saturated carbocycles. The van der Waals surface area contributed by atoms with Crippen LogP contribution >= 0.6 is 0 Å². The van der Waals surface area contributed by atoms with E-state index in [2.05, 4.69) is 5.32 Å². The van der Waals surface area contributed by atoms with Gasteiger partial charge in [-0.15, -0.1) is 0 Å². The topological polar surface area (TPSA) is 71.3 Å². The Bertz CT molecular complexity index is 762. The van der Waals surface area contributed by atoms with Gasteiger partial charge in [-0.25, -0.2) is 0 Å². The van der Waals surface area contributed by atoms with Crippen LogP contribution in [-0.4, -0.2) is 20.1 Å². The number of nitrogens with one attached hydrogen (secondary N) is 1. The van der Waals surface area contributed by atoms with E-state index in [1.54, 1.807) is 18.2 Å². The first-order valence-corrected chi connectivity index (χ1v) is 6.88. The standard InChI is InChI=1S/C18H16N2O3/c1-22-15-8-9-17(23-2)16(11-15)20-18(21)14(12-19)10-13-6-4-3-5-7-13/h3-11H,1-2H3,(H,20,21)/b14-10+. The van der Waals surface area contributed by atoms with Crippen molar-refractivity contribution in [3.05, 3.63) is 59.7 Å². The lowest BCUT2D eigenvalue weighted by atomic mass is 10.1. The Kier molecular flexibility index (Phi) is 5.37. The average molecular weight is 308 g/mol. The summed E-state index contributed by atoms with van der Waals surface area (Å²) < 4.78 is 10.3. The van der Waals surface area contributed by atoms with Gasteiger partial charge in [-0.2, -0.15) is 5.26 Å². The van der Waals surface area contributed by atoms with Gasteiger partial charge in [-0.05, 0) is 23.8 Å². The fourth-order valence-electron chi connectivity index (χ4n) is 1.97. The second kappa shape index (κ2) is 7.66. The Morgan fingerprint density at radius 2 is 1.87 bits per heavy atom. The van der Waals surface area contributed by atoms with Gasteiger partial charge in [-0.3, -0.25) is 4.79 Å². The van der Waals surface area contributed by atoms with Gasteiger partial charge in [0.15, 0.2) is 0 Å². The summed E-state index contributed by atoms with van der Waals surface area (Å²) in [7, 11) is 3.03. The number of carbonyl (C=O) groups is 1. The van der Waals surface area contributed by atoms with Crippen LogP contribution in [0.1, 0.15) is 5.56 Å². The summed E-state index contributed by atoms with van der Waals surface area (Å²) in [6, 6.07) is 16.1. The lowest BCUT2D eigenvalue weighted by Crippen LogP contribution is -2.14. The molecule has 23 heavy (non-hydrogen) atoms. The number of benzene rings is 2. The van der Waals surface area contributed by atoms with Gasteiger partial charge in [0.2, 0.25) is 0 Å². The number of amides is 1. The van der Waals surface area contributed by atoms with Gasteiger partial charge in [-0.1, -0.05) is 30.3 Å². The molecule has 1 N–H and O–H groups in total. The number of nitrogens with zero attached hydrogens (tertiary/aromatic N) is 1. The van der Waals surface area contributed by atoms with Crippen molar-refractivity contribution in [2.75, 3.05) is 19.5 Å². The zero-order valence-electron chi connectivity index (χ0n) is 12.9. The zero-order valence-corrected chi connectivity index (χ0v) is 12.9. The molecule has 1 amide bonds. The van der Waals surface area contributed by atoms with Crippen molar-refractivity contribution >= 4 is 17.7 Å². The molecule has 0 bridgehead atoms. The molecular weight excluding hydrogens is 292 g/mol. The van der Waals surface area contributed by atoms with Gasteiger partial charge in [0.1, 0.15) is 23.1 Å². The fraction of sp³-hybridized carbons (Fsp3) is 0.111. The monoisotopic (exact) mass is 308 g/mol. The van der Waals surface area contributed by atoms with Gasteiger partial charge in [0, 0.05) is 6.07 Å². The normalized spacial score (nSPS) is 10.6. The van der Waals surface area contributed by atoms with Gasteiger partial charge >= 0.3 is 0 Å². The molecule has 0 unspecified atom stereocenters. The van der Waals surface area contributed by atoms with Crippen molar-refractivity contribution in [1.29, 1.82) is 5.26 Å². The first kappa shape index (κ1) is 16.1. The molecule has 0 saturated heterocycles. The second-order valence-electron chi connectivity index (χ2n) is 4.60. The molecule has 5 nitrogen and oxygen atoms in total. The van der Waals surface area contributed by atoms with Crippen LogP contribution in [0, 0.1) is 11.3 Å². The van der Waals surface area contributed by atoms with E-state index in [-0.39, 0.29) is 5.57 Å². The summed E-state index contributed by atoms with van der Waals surface area (Å²) in [5.74, 6) is 0.547. The van der Waals surface area contributed by atoms with Gasteiger partial charge < -0.3 is 14.8 Å². The van der Waals surface area contributed by atoms with Crippen LogP contribution < -0.4 is 14.8 Å². The van der Waals surface area contributed by atoms with E-state index < -0.39 is 5.91 Å². The van der Waals surface area contributed by atoms with Crippen LogP contribution in [-0.2, 0) is 4.79 Å². The second-order valence-corrected chi connectivity index (χ2v) is 4.60. The highest BCUT2D eigenvalue weighted by atomic mass is 16.5. The minimum absolute atomic E-state index is 0.000993. The summed E-state index contributed by atoms with van der Waals surface area (Å²) >= 11 is 0. The van der Waals surface area contributed by atoms with E-state index >= 15 is 0 Å². The minimum Gasteiger partial charge on any atom is -0.497 e. The number of anilines is 1. The smallest absolute Gasteiger partial charge is 0.266 e. The molecule has 2 rings (SSSR count). The Hall–Kier alpha value is -3.26. The first-order chi connectivity index (χ1) is 11.2. The van der Waals surface area contributed by atoms with Crippen molar-refractivity contribution in [2.45, 2.75) is 0 Å². The quantitative estimate of drug-likeness (QED) is 0.680. The largest absolute Gasteiger partial charge is 0.497 e. The molecule has 0 aliphatic carbocycles. The zero-order chi connectivity index (χ0) is 16.7. The van der Waals surface area contributed by atoms with E-state index in [9.17, 15) is 10.1 Å². The Balaban J connectivity index is 2.27. The van der Waals surface area contributed by atoms with Crippen LogP contribution in [0.25, 0.3) is 6.08 Å². The highest BCUT2D eigenvalue weighted by molar-refractivity contribution is 6.10. The van der Waals surface area contributed by atoms with Crippen LogP contribution in [0.2, 0.25) is 0 Å². The minimum atomic E-state index is -0.511. The Labute approximate surface area is 134 Å². The van der Waals surface area contributed by atoms with Crippen molar-refractivity contribution < 1.29 is 14.3 Å². The van der Waals surface area contributed by atoms with Crippen molar-refractivity contribution in [3.8, 4) is 17.6 Å². The molecule has 0 fully saturated rings. The van der Waals surface area contributed by atoms with Gasteiger partial charge in [0.05, 0.1) is 19.9 Å². The van der Waals surface area contributed by atoms with Crippen LogP contribution in [0.4, 0.5) is 5.69 Å². The number of nitriles is 1. The molecule has 0 radical (unpaired) electrons. The van der Waals surface area contributed by atoms with Crippen LogP contribution in [0.15, 0.2) is 54.1 Å². The van der Waals surface area contributed by atoms with E-state index in [1.807, 2.05) is 36.4 Å². The molecule has 0 spiro atoms. The number of rotatable bonds is 5. The SMILES string of the molecule is COc1ccc(OC)c(NC(=O)/C(C#N)=C/c2ccccc2)c1. The number of hydrogen-bond acceptors (Lipinski definition) is 4. The van der Waals surface area contributed by atoms with Crippen molar-refractivity contribution in [1.82, 2.24) is 0 Å². The average Bonchev–Trinajstić information content (AvgIpc) is 2.60. The molecule has 2 aromatic rings. The summed E-state index contributed by atoms with van der Waals surface area (Å²) in [5, 5.41) is 11.9. The highest BCUT2D eigenvalue weighted by Gasteiger charge is 2.13. The maximum Gasteiger partial charge on any atom is 0.266 e. The maximum absolute atomic E-state index is 12.3. The van der Waals surface area contributed by atoms with E-state index in [0.717, 1.165) is 5.56 Å². The first-order valence-electron chi connectivity index (χ1n) is 6.88.